The van der Waals surface area contributed by atoms with Gasteiger partial charge >= 0.3 is 11.8 Å². The standard InChI is InChI=1S/C14H12FN3OS.CO2/c1-10-6-13(20-8-10)17-9-16-18(14(17)19)7-11-2-4-12(15)5-3-11;2-1-3/h2-6,8-9H,7H2,1H3;. The van der Waals surface area contributed by atoms with Gasteiger partial charge in [-0.3, -0.25) is 0 Å². The summed E-state index contributed by atoms with van der Waals surface area (Å²) in [5, 5.41) is 6.93. The first kappa shape index (κ1) is 16.5. The summed E-state index contributed by atoms with van der Waals surface area (Å²) in [5.74, 6) is -0.291. The zero-order chi connectivity index (χ0) is 16.8. The summed E-state index contributed by atoms with van der Waals surface area (Å²) in [7, 11) is 0. The Hall–Kier alpha value is -2.83. The van der Waals surface area contributed by atoms with Crippen molar-refractivity contribution in [3.05, 3.63) is 69.5 Å². The van der Waals surface area contributed by atoms with Gasteiger partial charge < -0.3 is 0 Å². The maximum absolute atomic E-state index is 12.8. The van der Waals surface area contributed by atoms with Gasteiger partial charge in [0.25, 0.3) is 0 Å². The average molecular weight is 333 g/mol. The van der Waals surface area contributed by atoms with Gasteiger partial charge in [0.2, 0.25) is 0 Å². The lowest BCUT2D eigenvalue weighted by Gasteiger charge is -2.00. The maximum Gasteiger partial charge on any atom is 0.373 e. The Kier molecular flexibility index (Phi) is 5.35. The normalized spacial score (nSPS) is 9.83. The Morgan fingerprint density at radius 2 is 1.91 bits per heavy atom. The average Bonchev–Trinajstić information content (AvgIpc) is 3.09. The summed E-state index contributed by atoms with van der Waals surface area (Å²) in [6, 6.07) is 7.99. The van der Waals surface area contributed by atoms with E-state index in [4.69, 9.17) is 9.59 Å². The highest BCUT2D eigenvalue weighted by molar-refractivity contribution is 7.12. The van der Waals surface area contributed by atoms with E-state index in [-0.39, 0.29) is 17.7 Å². The van der Waals surface area contributed by atoms with Crippen molar-refractivity contribution in [3.8, 4) is 5.00 Å². The third-order valence-corrected chi connectivity index (χ3v) is 3.98. The topological polar surface area (TPSA) is 74.0 Å². The van der Waals surface area contributed by atoms with Gasteiger partial charge in [-0.05, 0) is 41.6 Å². The van der Waals surface area contributed by atoms with Crippen LogP contribution in [-0.4, -0.2) is 20.5 Å². The molecule has 0 radical (unpaired) electrons. The molecule has 3 rings (SSSR count). The number of halogens is 1. The summed E-state index contributed by atoms with van der Waals surface area (Å²) in [4.78, 5) is 28.5. The lowest BCUT2D eigenvalue weighted by molar-refractivity contribution is -0.191. The Labute approximate surface area is 134 Å². The number of aromatic nitrogens is 3. The van der Waals surface area contributed by atoms with Gasteiger partial charge in [0.05, 0.1) is 6.54 Å². The first-order chi connectivity index (χ1) is 11.0. The first-order valence-corrected chi connectivity index (χ1v) is 7.37. The maximum atomic E-state index is 12.8. The molecule has 0 saturated carbocycles. The molecule has 0 bridgehead atoms. The summed E-state index contributed by atoms with van der Waals surface area (Å²) in [5.41, 5.74) is 1.75. The van der Waals surface area contributed by atoms with Crippen LogP contribution in [0.1, 0.15) is 11.1 Å². The largest absolute Gasteiger partial charge is 0.373 e. The van der Waals surface area contributed by atoms with E-state index in [0.717, 1.165) is 16.1 Å². The number of rotatable bonds is 3. The molecule has 0 aliphatic heterocycles. The molecule has 0 N–H and O–H groups in total. The molecule has 0 unspecified atom stereocenters. The predicted octanol–water partition coefficient (Wildman–Crippen LogP) is 2.01. The van der Waals surface area contributed by atoms with Crippen molar-refractivity contribution in [2.75, 3.05) is 0 Å². The number of hydrogen-bond donors (Lipinski definition) is 0. The van der Waals surface area contributed by atoms with E-state index in [2.05, 4.69) is 5.10 Å². The molecule has 2 aromatic heterocycles. The molecule has 0 atom stereocenters. The molecular formula is C15H12FN3O3S. The molecule has 0 spiro atoms. The van der Waals surface area contributed by atoms with E-state index in [1.165, 1.54) is 39.0 Å². The van der Waals surface area contributed by atoms with Crippen LogP contribution >= 0.6 is 11.3 Å². The van der Waals surface area contributed by atoms with Crippen molar-refractivity contribution < 1.29 is 14.0 Å². The second-order valence-corrected chi connectivity index (χ2v) is 5.50. The molecule has 0 saturated heterocycles. The Morgan fingerprint density at radius 3 is 2.48 bits per heavy atom. The van der Waals surface area contributed by atoms with Crippen molar-refractivity contribution >= 4 is 17.5 Å². The monoisotopic (exact) mass is 333 g/mol. The summed E-state index contributed by atoms with van der Waals surface area (Å²) >= 11 is 1.50. The quantitative estimate of drug-likeness (QED) is 0.735. The van der Waals surface area contributed by atoms with Gasteiger partial charge in [0, 0.05) is 0 Å². The highest BCUT2D eigenvalue weighted by Gasteiger charge is 2.08. The lowest BCUT2D eigenvalue weighted by atomic mass is 10.2. The van der Waals surface area contributed by atoms with Crippen LogP contribution in [0.25, 0.3) is 5.00 Å². The number of thiophene rings is 1. The minimum Gasteiger partial charge on any atom is -0.246 e. The highest BCUT2D eigenvalue weighted by Crippen LogP contribution is 2.16. The second kappa shape index (κ2) is 7.44. The fourth-order valence-electron chi connectivity index (χ4n) is 1.90. The number of hydrogen-bond acceptors (Lipinski definition) is 5. The van der Waals surface area contributed by atoms with Crippen molar-refractivity contribution in [3.63, 3.8) is 0 Å². The summed E-state index contributed by atoms with van der Waals surface area (Å²) in [6.07, 6.45) is 1.76. The van der Waals surface area contributed by atoms with Crippen molar-refractivity contribution in [1.82, 2.24) is 14.3 Å². The van der Waals surface area contributed by atoms with Gasteiger partial charge in [0.1, 0.15) is 17.1 Å². The lowest BCUT2D eigenvalue weighted by Crippen LogP contribution is -2.23. The van der Waals surface area contributed by atoms with Crippen LogP contribution in [0.4, 0.5) is 4.39 Å². The molecule has 118 valence electrons. The molecule has 0 aliphatic carbocycles. The number of nitrogens with zero attached hydrogens (tertiary/aromatic N) is 3. The van der Waals surface area contributed by atoms with Gasteiger partial charge in [-0.2, -0.15) is 14.7 Å². The minimum atomic E-state index is -0.291. The van der Waals surface area contributed by atoms with Crippen LogP contribution < -0.4 is 5.69 Å². The Morgan fingerprint density at radius 1 is 1.26 bits per heavy atom. The van der Waals surface area contributed by atoms with Crippen LogP contribution in [0.3, 0.4) is 0 Å². The minimum absolute atomic E-state index is 0.198. The molecule has 0 fully saturated rings. The van der Waals surface area contributed by atoms with Crippen LogP contribution in [0.15, 0.2) is 46.8 Å². The zero-order valence-corrected chi connectivity index (χ0v) is 12.9. The van der Waals surface area contributed by atoms with E-state index < -0.39 is 0 Å². The third kappa shape index (κ3) is 4.09. The van der Waals surface area contributed by atoms with Crippen LogP contribution in [0, 0.1) is 12.7 Å². The molecule has 2 heterocycles. The number of aryl methyl sites for hydroxylation is 1. The Bertz CT molecular complexity index is 874. The molecule has 8 heteroatoms. The van der Waals surface area contributed by atoms with Crippen molar-refractivity contribution in [1.29, 1.82) is 0 Å². The molecular weight excluding hydrogens is 321 g/mol. The molecule has 23 heavy (non-hydrogen) atoms. The molecule has 3 aromatic rings. The highest BCUT2D eigenvalue weighted by atomic mass is 32.1. The summed E-state index contributed by atoms with van der Waals surface area (Å²) < 4.78 is 15.7. The molecule has 0 amide bonds. The molecule has 6 nitrogen and oxygen atoms in total. The third-order valence-electron chi connectivity index (χ3n) is 2.93. The van der Waals surface area contributed by atoms with E-state index in [9.17, 15) is 9.18 Å². The van der Waals surface area contributed by atoms with Crippen LogP contribution in [0.2, 0.25) is 0 Å². The molecule has 1 aromatic carbocycles. The van der Waals surface area contributed by atoms with Gasteiger partial charge in [-0.15, -0.1) is 11.3 Å². The van der Waals surface area contributed by atoms with E-state index in [1.807, 2.05) is 18.4 Å². The van der Waals surface area contributed by atoms with E-state index in [0.29, 0.717) is 6.54 Å². The first-order valence-electron chi connectivity index (χ1n) is 6.49. The van der Waals surface area contributed by atoms with Crippen molar-refractivity contribution in [2.45, 2.75) is 13.5 Å². The number of carbonyl (C=O) groups excluding carboxylic acids is 2. The summed E-state index contributed by atoms with van der Waals surface area (Å²) in [6.45, 7) is 2.31. The van der Waals surface area contributed by atoms with Gasteiger partial charge in [-0.25, -0.2) is 18.4 Å². The van der Waals surface area contributed by atoms with Crippen LogP contribution in [0.5, 0.6) is 0 Å². The zero-order valence-electron chi connectivity index (χ0n) is 12.1. The predicted molar refractivity (Wildman–Crippen MR) is 80.9 cm³/mol. The van der Waals surface area contributed by atoms with E-state index >= 15 is 0 Å². The van der Waals surface area contributed by atoms with Crippen LogP contribution in [-0.2, 0) is 16.1 Å². The second-order valence-electron chi connectivity index (χ2n) is 4.61. The smallest absolute Gasteiger partial charge is 0.246 e. The van der Waals surface area contributed by atoms with Gasteiger partial charge in [-0.1, -0.05) is 12.1 Å². The molecule has 0 aliphatic rings. The fourth-order valence-corrected chi connectivity index (χ4v) is 2.77. The van der Waals surface area contributed by atoms with E-state index in [1.54, 1.807) is 12.1 Å². The SMILES string of the molecule is Cc1csc(-n2cnn(Cc3ccc(F)cc3)c2=O)c1.O=C=O. The van der Waals surface area contributed by atoms with Crippen molar-refractivity contribution in [2.24, 2.45) is 0 Å². The number of benzene rings is 1. The van der Waals surface area contributed by atoms with Gasteiger partial charge in [0.15, 0.2) is 0 Å². The fraction of sp³-hybridized carbons (Fsp3) is 0.133. The Balaban J connectivity index is 0.000000595.